The second-order valence-electron chi connectivity index (χ2n) is 3.87. The Hall–Kier alpha value is -2.42. The molecule has 0 spiro atoms. The van der Waals surface area contributed by atoms with Crippen LogP contribution in [0.5, 0.6) is 5.75 Å². The van der Waals surface area contributed by atoms with Crippen LogP contribution in [0.2, 0.25) is 0 Å². The Morgan fingerprint density at radius 2 is 1.90 bits per heavy atom. The zero-order chi connectivity index (χ0) is 14.8. The van der Waals surface area contributed by atoms with E-state index in [4.69, 9.17) is 4.74 Å². The number of imide groups is 1. The van der Waals surface area contributed by atoms with Crippen LogP contribution < -0.4 is 14.8 Å². The molecule has 0 saturated heterocycles. The summed E-state index contributed by atoms with van der Waals surface area (Å²) in [5.74, 6) is -0.374. The number of ether oxygens (including phenoxy) is 1. The van der Waals surface area contributed by atoms with Crippen LogP contribution >= 0.6 is 0 Å². The molecule has 0 aromatic heterocycles. The number of aliphatic imine (C=N–C) groups is 1. The first kappa shape index (κ1) is 14.0. The van der Waals surface area contributed by atoms with Crippen LogP contribution in [0.4, 0.5) is 10.5 Å². The Morgan fingerprint density at radius 3 is 2.45 bits per heavy atom. The first-order chi connectivity index (χ1) is 9.42. The average Bonchev–Trinajstić information content (AvgIpc) is 2.38. The van der Waals surface area contributed by atoms with Crippen molar-refractivity contribution in [2.75, 3.05) is 11.8 Å². The second-order valence-corrected chi connectivity index (χ2v) is 5.67. The molecule has 0 fully saturated rings. The third kappa shape index (κ3) is 2.94. The van der Waals surface area contributed by atoms with Crippen molar-refractivity contribution >= 4 is 33.9 Å². The number of hydrogen-bond donors (Lipinski definition) is 2. The predicted octanol–water partition coefficient (Wildman–Crippen LogP) is 0.126. The van der Waals surface area contributed by atoms with Crippen molar-refractivity contribution in [1.82, 2.24) is 5.32 Å². The summed E-state index contributed by atoms with van der Waals surface area (Å²) in [6, 6.07) is 5.22. The minimum atomic E-state index is -4.03. The summed E-state index contributed by atoms with van der Waals surface area (Å²) in [6.45, 7) is 0. The number of carbonyl (C=O) groups excluding carboxylic acids is 2. The van der Waals surface area contributed by atoms with Crippen LogP contribution in [-0.4, -0.2) is 38.9 Å². The fourth-order valence-electron chi connectivity index (χ4n) is 1.52. The maximum Gasteiger partial charge on any atom is 0.347 e. The molecule has 106 valence electrons. The third-order valence-corrected chi connectivity index (χ3v) is 4.02. The first-order valence-electron chi connectivity index (χ1n) is 5.47. The van der Waals surface area contributed by atoms with Gasteiger partial charge in [0.05, 0.1) is 7.11 Å². The molecule has 1 unspecified atom stereocenters. The van der Waals surface area contributed by atoms with E-state index in [0.717, 1.165) is 6.21 Å². The molecule has 1 heterocycles. The van der Waals surface area contributed by atoms with Crippen LogP contribution in [0.1, 0.15) is 0 Å². The lowest BCUT2D eigenvalue weighted by atomic mass is 10.3. The summed E-state index contributed by atoms with van der Waals surface area (Å²) in [5, 5.41) is 0.271. The number of rotatable bonds is 4. The largest absolute Gasteiger partial charge is 0.497 e. The van der Waals surface area contributed by atoms with Crippen molar-refractivity contribution in [2.24, 2.45) is 4.99 Å². The number of carbonyl (C=O) groups is 2. The summed E-state index contributed by atoms with van der Waals surface area (Å²) in [5.41, 5.74) is 0.268. The summed E-state index contributed by atoms with van der Waals surface area (Å²) in [7, 11) is -2.55. The van der Waals surface area contributed by atoms with Gasteiger partial charge in [-0.3, -0.25) is 14.8 Å². The van der Waals surface area contributed by atoms with Gasteiger partial charge in [0.2, 0.25) is 10.0 Å². The Bertz CT molecular complexity index is 666. The first-order valence-corrected chi connectivity index (χ1v) is 7.02. The van der Waals surface area contributed by atoms with E-state index >= 15 is 0 Å². The molecule has 1 aromatic carbocycles. The molecular weight excluding hydrogens is 286 g/mol. The number of nitrogens with zero attached hydrogens (tertiary/aromatic N) is 1. The Kier molecular flexibility index (Phi) is 3.70. The highest BCUT2D eigenvalue weighted by Crippen LogP contribution is 2.17. The number of methoxy groups -OCH3 is 1. The van der Waals surface area contributed by atoms with E-state index in [-0.39, 0.29) is 5.69 Å². The van der Waals surface area contributed by atoms with Crippen LogP contribution in [0, 0.1) is 0 Å². The second kappa shape index (κ2) is 5.29. The summed E-state index contributed by atoms with van der Waals surface area (Å²) >= 11 is 0. The van der Waals surface area contributed by atoms with Crippen LogP contribution in [-0.2, 0) is 14.8 Å². The minimum Gasteiger partial charge on any atom is -0.497 e. The zero-order valence-corrected chi connectivity index (χ0v) is 11.2. The van der Waals surface area contributed by atoms with Crippen LogP contribution in [0.25, 0.3) is 0 Å². The average molecular weight is 297 g/mol. The van der Waals surface area contributed by atoms with Gasteiger partial charge in [-0.05, 0) is 24.3 Å². The molecule has 2 N–H and O–H groups in total. The quantitative estimate of drug-likeness (QED) is 0.819. The van der Waals surface area contributed by atoms with Crippen molar-refractivity contribution in [3.8, 4) is 5.75 Å². The molecule has 20 heavy (non-hydrogen) atoms. The summed E-state index contributed by atoms with van der Waals surface area (Å²) in [4.78, 5) is 25.6. The number of sulfonamides is 1. The Balaban J connectivity index is 2.20. The predicted molar refractivity (Wildman–Crippen MR) is 71.4 cm³/mol. The third-order valence-electron chi connectivity index (χ3n) is 2.50. The zero-order valence-electron chi connectivity index (χ0n) is 10.4. The van der Waals surface area contributed by atoms with E-state index in [9.17, 15) is 18.0 Å². The van der Waals surface area contributed by atoms with E-state index in [0.29, 0.717) is 5.75 Å². The maximum atomic E-state index is 12.0. The van der Waals surface area contributed by atoms with Crippen molar-refractivity contribution in [3.05, 3.63) is 24.3 Å². The lowest BCUT2D eigenvalue weighted by Gasteiger charge is -2.16. The molecule has 1 aromatic rings. The molecule has 9 heteroatoms. The lowest BCUT2D eigenvalue weighted by Crippen LogP contribution is -2.48. The molecule has 3 amide bonds. The van der Waals surface area contributed by atoms with E-state index < -0.39 is 27.2 Å². The van der Waals surface area contributed by atoms with Gasteiger partial charge in [-0.1, -0.05) is 0 Å². The number of benzene rings is 1. The van der Waals surface area contributed by atoms with Crippen molar-refractivity contribution < 1.29 is 22.7 Å². The monoisotopic (exact) mass is 297 g/mol. The van der Waals surface area contributed by atoms with Gasteiger partial charge >= 0.3 is 6.03 Å². The molecule has 1 aliphatic rings. The van der Waals surface area contributed by atoms with Crippen molar-refractivity contribution in [3.63, 3.8) is 0 Å². The molecule has 0 saturated carbocycles. The maximum absolute atomic E-state index is 12.0. The van der Waals surface area contributed by atoms with Gasteiger partial charge < -0.3 is 4.74 Å². The number of nitrogens with one attached hydrogen (secondary N) is 2. The molecule has 1 atom stereocenters. The van der Waals surface area contributed by atoms with E-state index in [1.54, 1.807) is 12.1 Å². The fraction of sp³-hybridized carbons (Fsp3) is 0.182. The topological polar surface area (TPSA) is 114 Å². The number of anilines is 1. The van der Waals surface area contributed by atoms with E-state index in [1.165, 1.54) is 19.2 Å². The standard InChI is InChI=1S/C11H11N3O5S/c1-19-8-4-2-7(3-5-8)14-20(17,18)9-6-12-11(16)13-10(9)15/h2-6,9,14H,1H3,(H,13,15,16). The minimum absolute atomic E-state index is 0.268. The normalized spacial score (nSPS) is 18.6. The number of hydrogen-bond acceptors (Lipinski definition) is 5. The van der Waals surface area contributed by atoms with Gasteiger partial charge in [0.25, 0.3) is 5.91 Å². The van der Waals surface area contributed by atoms with E-state index in [1.807, 2.05) is 5.32 Å². The number of urea groups is 1. The van der Waals surface area contributed by atoms with Gasteiger partial charge in [-0.25, -0.2) is 18.2 Å². The van der Waals surface area contributed by atoms with Crippen molar-refractivity contribution in [2.45, 2.75) is 5.25 Å². The lowest BCUT2D eigenvalue weighted by molar-refractivity contribution is -0.118. The summed E-state index contributed by atoms with van der Waals surface area (Å²) < 4.78 is 31.2. The van der Waals surface area contributed by atoms with Gasteiger partial charge in [-0.15, -0.1) is 0 Å². The summed E-state index contributed by atoms with van der Waals surface area (Å²) in [6.07, 6.45) is 0.799. The van der Waals surface area contributed by atoms with E-state index in [2.05, 4.69) is 9.71 Å². The van der Waals surface area contributed by atoms with Crippen LogP contribution in [0.15, 0.2) is 29.3 Å². The molecule has 2 rings (SSSR count). The van der Waals surface area contributed by atoms with Gasteiger partial charge in [-0.2, -0.15) is 0 Å². The molecule has 0 aliphatic carbocycles. The van der Waals surface area contributed by atoms with Crippen LogP contribution in [0.3, 0.4) is 0 Å². The highest BCUT2D eigenvalue weighted by molar-refractivity contribution is 7.94. The highest BCUT2D eigenvalue weighted by atomic mass is 32.2. The Morgan fingerprint density at radius 1 is 1.25 bits per heavy atom. The fourth-order valence-corrected chi connectivity index (χ4v) is 2.67. The molecule has 0 radical (unpaired) electrons. The molecule has 1 aliphatic heterocycles. The smallest absolute Gasteiger partial charge is 0.347 e. The van der Waals surface area contributed by atoms with Crippen molar-refractivity contribution in [1.29, 1.82) is 0 Å². The van der Waals surface area contributed by atoms with Gasteiger partial charge in [0.1, 0.15) is 5.75 Å². The van der Waals surface area contributed by atoms with Gasteiger partial charge in [0, 0.05) is 11.9 Å². The SMILES string of the molecule is COc1ccc(NS(=O)(=O)C2C=NC(=O)NC2=O)cc1. The Labute approximate surface area is 114 Å². The molecule has 8 nitrogen and oxygen atoms in total. The molecular formula is C11H11N3O5S. The highest BCUT2D eigenvalue weighted by Gasteiger charge is 2.35. The molecule has 0 bridgehead atoms. The van der Waals surface area contributed by atoms with Gasteiger partial charge in [0.15, 0.2) is 5.25 Å². The number of amides is 3.